The third-order valence-electron chi connectivity index (χ3n) is 2.93. The van der Waals surface area contributed by atoms with Crippen molar-refractivity contribution in [3.05, 3.63) is 0 Å². The fourth-order valence-corrected chi connectivity index (χ4v) is 1.56. The lowest BCUT2D eigenvalue weighted by molar-refractivity contribution is -0.143. The Kier molecular flexibility index (Phi) is 9.74. The van der Waals surface area contributed by atoms with Crippen molar-refractivity contribution in [3.63, 3.8) is 0 Å². The number of carboxylic acids is 2. The fraction of sp³-hybridized carbons (Fsp3) is 0.615. The molecule has 3 amide bonds. The standard InChI is InChI=1S/C13H22N4O8/c1-6(14)11(22)17-8(5-18)12(23)15-4-9(19)16-7(13(24)25)2-3-10(20)21/h6-8,18H,2-5,14H2,1H3,(H,15,23)(H,16,19)(H,17,22)(H,20,21)(H,24,25). The quantitative estimate of drug-likeness (QED) is 0.193. The highest BCUT2D eigenvalue weighted by Gasteiger charge is 2.24. The Morgan fingerprint density at radius 2 is 1.60 bits per heavy atom. The molecule has 3 unspecified atom stereocenters. The second-order valence-electron chi connectivity index (χ2n) is 5.14. The lowest BCUT2D eigenvalue weighted by Crippen LogP contribution is -2.54. The minimum absolute atomic E-state index is 0.325. The van der Waals surface area contributed by atoms with Crippen LogP contribution in [0, 0.1) is 0 Å². The molecule has 0 spiro atoms. The highest BCUT2D eigenvalue weighted by atomic mass is 16.4. The Morgan fingerprint density at radius 3 is 2.04 bits per heavy atom. The normalized spacial score (nSPS) is 13.9. The van der Waals surface area contributed by atoms with Crippen LogP contribution in [0.15, 0.2) is 0 Å². The minimum atomic E-state index is -1.42. The Hall–Kier alpha value is -2.73. The first-order chi connectivity index (χ1) is 11.6. The summed E-state index contributed by atoms with van der Waals surface area (Å²) in [6.45, 7) is 0.0147. The van der Waals surface area contributed by atoms with Crippen LogP contribution in [0.2, 0.25) is 0 Å². The van der Waals surface area contributed by atoms with Crippen molar-refractivity contribution in [3.8, 4) is 0 Å². The maximum Gasteiger partial charge on any atom is 0.326 e. The third kappa shape index (κ3) is 9.22. The topological polar surface area (TPSA) is 208 Å². The van der Waals surface area contributed by atoms with Gasteiger partial charge in [-0.1, -0.05) is 0 Å². The van der Waals surface area contributed by atoms with Gasteiger partial charge in [0, 0.05) is 6.42 Å². The number of nitrogens with two attached hydrogens (primary N) is 1. The van der Waals surface area contributed by atoms with Crippen LogP contribution in [0.25, 0.3) is 0 Å². The number of amides is 3. The summed E-state index contributed by atoms with van der Waals surface area (Å²) in [5, 5.41) is 32.8. The number of aliphatic hydroxyl groups excluding tert-OH is 1. The Labute approximate surface area is 142 Å². The van der Waals surface area contributed by atoms with Gasteiger partial charge in [-0.3, -0.25) is 19.2 Å². The maximum absolute atomic E-state index is 11.8. The van der Waals surface area contributed by atoms with E-state index in [0.717, 1.165) is 0 Å². The predicted molar refractivity (Wildman–Crippen MR) is 82.1 cm³/mol. The average Bonchev–Trinajstić information content (AvgIpc) is 2.53. The van der Waals surface area contributed by atoms with E-state index < -0.39 is 67.4 Å². The number of aliphatic hydroxyl groups is 1. The van der Waals surface area contributed by atoms with E-state index in [1.807, 2.05) is 0 Å². The van der Waals surface area contributed by atoms with Gasteiger partial charge in [-0.15, -0.1) is 0 Å². The Morgan fingerprint density at radius 1 is 1.00 bits per heavy atom. The molecule has 0 radical (unpaired) electrons. The molecule has 0 aromatic rings. The summed E-state index contributed by atoms with van der Waals surface area (Å²) < 4.78 is 0. The molecule has 0 saturated heterocycles. The second-order valence-corrected chi connectivity index (χ2v) is 5.14. The van der Waals surface area contributed by atoms with Gasteiger partial charge in [0.15, 0.2) is 0 Å². The van der Waals surface area contributed by atoms with Crippen molar-refractivity contribution in [1.82, 2.24) is 16.0 Å². The number of carbonyl (C=O) groups excluding carboxylic acids is 3. The largest absolute Gasteiger partial charge is 0.481 e. The van der Waals surface area contributed by atoms with Crippen LogP contribution in [0.1, 0.15) is 19.8 Å². The summed E-state index contributed by atoms with van der Waals surface area (Å²) in [6, 6.07) is -3.66. The van der Waals surface area contributed by atoms with Crippen molar-refractivity contribution in [2.24, 2.45) is 5.73 Å². The van der Waals surface area contributed by atoms with Gasteiger partial charge < -0.3 is 37.0 Å². The van der Waals surface area contributed by atoms with Crippen molar-refractivity contribution in [1.29, 1.82) is 0 Å². The lowest BCUT2D eigenvalue weighted by Gasteiger charge is -2.18. The molecule has 0 aliphatic rings. The van der Waals surface area contributed by atoms with Gasteiger partial charge in [0.1, 0.15) is 12.1 Å². The van der Waals surface area contributed by atoms with E-state index in [1.54, 1.807) is 0 Å². The van der Waals surface area contributed by atoms with Gasteiger partial charge in [0.25, 0.3) is 0 Å². The zero-order valence-electron chi connectivity index (χ0n) is 13.5. The van der Waals surface area contributed by atoms with Crippen molar-refractivity contribution in [2.45, 2.75) is 37.9 Å². The molecule has 0 bridgehead atoms. The zero-order chi connectivity index (χ0) is 19.6. The second kappa shape index (κ2) is 10.9. The number of nitrogens with one attached hydrogen (secondary N) is 3. The van der Waals surface area contributed by atoms with Gasteiger partial charge in [0.2, 0.25) is 17.7 Å². The zero-order valence-corrected chi connectivity index (χ0v) is 13.5. The number of carboxylic acid groups (broad SMARTS) is 2. The maximum atomic E-state index is 11.8. The van der Waals surface area contributed by atoms with E-state index in [9.17, 15) is 24.0 Å². The molecule has 0 saturated carbocycles. The highest BCUT2D eigenvalue weighted by Crippen LogP contribution is 1.98. The Bertz CT molecular complexity index is 522. The van der Waals surface area contributed by atoms with Crippen LogP contribution in [-0.4, -0.2) is 76.3 Å². The molecule has 142 valence electrons. The predicted octanol–water partition coefficient (Wildman–Crippen LogP) is -3.64. The molecule has 0 heterocycles. The molecule has 0 rings (SSSR count). The van der Waals surface area contributed by atoms with E-state index in [2.05, 4.69) is 16.0 Å². The smallest absolute Gasteiger partial charge is 0.326 e. The van der Waals surface area contributed by atoms with Crippen LogP contribution in [-0.2, 0) is 24.0 Å². The minimum Gasteiger partial charge on any atom is -0.481 e. The van der Waals surface area contributed by atoms with Crippen LogP contribution >= 0.6 is 0 Å². The summed E-state index contributed by atoms with van der Waals surface area (Å²) >= 11 is 0. The first kappa shape index (κ1) is 22.3. The molecule has 12 nitrogen and oxygen atoms in total. The van der Waals surface area contributed by atoms with Gasteiger partial charge in [0.05, 0.1) is 19.2 Å². The molecule has 25 heavy (non-hydrogen) atoms. The van der Waals surface area contributed by atoms with Crippen molar-refractivity contribution < 1.29 is 39.3 Å². The van der Waals surface area contributed by atoms with E-state index >= 15 is 0 Å². The molecule has 8 N–H and O–H groups in total. The monoisotopic (exact) mass is 362 g/mol. The first-order valence-electron chi connectivity index (χ1n) is 7.27. The van der Waals surface area contributed by atoms with Crippen LogP contribution in [0.3, 0.4) is 0 Å². The van der Waals surface area contributed by atoms with Crippen LogP contribution in [0.4, 0.5) is 0 Å². The highest BCUT2D eigenvalue weighted by molar-refractivity contribution is 5.92. The number of aliphatic carboxylic acids is 2. The number of hydrogen-bond acceptors (Lipinski definition) is 7. The number of carbonyl (C=O) groups is 5. The summed E-state index contributed by atoms with van der Waals surface area (Å²) in [4.78, 5) is 56.2. The van der Waals surface area contributed by atoms with Crippen LogP contribution in [0.5, 0.6) is 0 Å². The first-order valence-corrected chi connectivity index (χ1v) is 7.27. The van der Waals surface area contributed by atoms with Gasteiger partial charge in [-0.25, -0.2) is 4.79 Å². The number of hydrogen-bond donors (Lipinski definition) is 7. The van der Waals surface area contributed by atoms with Gasteiger partial charge in [-0.2, -0.15) is 0 Å². The van der Waals surface area contributed by atoms with E-state index in [-0.39, 0.29) is 6.42 Å². The van der Waals surface area contributed by atoms with Crippen LogP contribution < -0.4 is 21.7 Å². The molecule has 0 aliphatic carbocycles. The van der Waals surface area contributed by atoms with E-state index in [4.69, 9.17) is 21.1 Å². The summed E-state index contributed by atoms with van der Waals surface area (Å²) in [5.41, 5.74) is 5.31. The lowest BCUT2D eigenvalue weighted by atomic mass is 10.1. The molecule has 0 aromatic carbocycles. The molecule has 0 aliphatic heterocycles. The Balaban J connectivity index is 4.49. The molecule has 3 atom stereocenters. The molecular weight excluding hydrogens is 340 g/mol. The van der Waals surface area contributed by atoms with Gasteiger partial charge >= 0.3 is 11.9 Å². The van der Waals surface area contributed by atoms with Crippen molar-refractivity contribution in [2.75, 3.05) is 13.2 Å². The number of rotatable bonds is 11. The van der Waals surface area contributed by atoms with E-state index in [1.165, 1.54) is 6.92 Å². The summed E-state index contributed by atoms with van der Waals surface area (Å²) in [5.74, 6) is -5.06. The molecule has 0 fully saturated rings. The fourth-order valence-electron chi connectivity index (χ4n) is 1.56. The van der Waals surface area contributed by atoms with Gasteiger partial charge in [-0.05, 0) is 13.3 Å². The summed E-state index contributed by atoms with van der Waals surface area (Å²) in [7, 11) is 0. The SMILES string of the molecule is CC(N)C(=O)NC(CO)C(=O)NCC(=O)NC(CCC(=O)O)C(=O)O. The molecular formula is C13H22N4O8. The average molecular weight is 362 g/mol. The molecule has 12 heteroatoms. The van der Waals surface area contributed by atoms with Crippen molar-refractivity contribution >= 4 is 29.7 Å². The molecule has 0 aromatic heterocycles. The summed E-state index contributed by atoms with van der Waals surface area (Å²) in [6.07, 6.45) is -0.784. The third-order valence-corrected chi connectivity index (χ3v) is 2.93. The van der Waals surface area contributed by atoms with E-state index in [0.29, 0.717) is 0 Å².